The zero-order chi connectivity index (χ0) is 21.3. The lowest BCUT2D eigenvalue weighted by molar-refractivity contribution is -0.113. The van der Waals surface area contributed by atoms with E-state index >= 15 is 0 Å². The molecule has 0 saturated carbocycles. The van der Waals surface area contributed by atoms with Crippen LogP contribution in [0.2, 0.25) is 0 Å². The second-order valence-electron chi connectivity index (χ2n) is 6.76. The minimum atomic E-state index is -0.175. The number of nitrogens with zero attached hydrogens (tertiary/aromatic N) is 2. The smallest absolute Gasteiger partial charge is 0.235 e. The number of para-hydroxylation sites is 1. The van der Waals surface area contributed by atoms with E-state index in [1.54, 1.807) is 26.0 Å². The van der Waals surface area contributed by atoms with Crippen molar-refractivity contribution in [2.24, 2.45) is 0 Å². The Morgan fingerprint density at radius 2 is 1.77 bits per heavy atom. The molecule has 0 saturated heterocycles. The van der Waals surface area contributed by atoms with E-state index in [2.05, 4.69) is 5.32 Å². The Morgan fingerprint density at radius 3 is 2.43 bits per heavy atom. The Hall–Kier alpha value is -3.13. The lowest BCUT2D eigenvalue weighted by atomic mass is 10.0. The maximum Gasteiger partial charge on any atom is 0.235 e. The van der Waals surface area contributed by atoms with Crippen LogP contribution in [0.3, 0.4) is 0 Å². The van der Waals surface area contributed by atoms with Crippen LogP contribution < -0.4 is 19.5 Å². The van der Waals surface area contributed by atoms with E-state index < -0.39 is 0 Å². The van der Waals surface area contributed by atoms with Gasteiger partial charge in [0.1, 0.15) is 5.82 Å². The standard InChI is InChI=1S/C22H23N3O4S/c1-13-18-21(15-10-11-16(27-2)20(29-4)19(15)28-3)30-12-17(26)23-22(18)25(24-13)14-8-6-5-7-9-14/h5-11,21H,12H2,1-4H3,(H,23,26). The number of ether oxygens (including phenoxy) is 3. The molecule has 0 fully saturated rings. The van der Waals surface area contributed by atoms with Crippen LogP contribution in [0.1, 0.15) is 22.1 Å². The number of fused-ring (bicyclic) bond motifs is 1. The topological polar surface area (TPSA) is 74.6 Å². The average molecular weight is 426 g/mol. The van der Waals surface area contributed by atoms with Crippen molar-refractivity contribution in [2.75, 3.05) is 32.4 Å². The summed E-state index contributed by atoms with van der Waals surface area (Å²) >= 11 is 1.53. The van der Waals surface area contributed by atoms with Crippen LogP contribution in [0.15, 0.2) is 42.5 Å². The van der Waals surface area contributed by atoms with Crippen LogP contribution in [-0.4, -0.2) is 42.8 Å². The van der Waals surface area contributed by atoms with E-state index in [4.69, 9.17) is 19.3 Å². The molecule has 1 atom stereocenters. The Kier molecular flexibility index (Phi) is 5.59. The van der Waals surface area contributed by atoms with Gasteiger partial charge in [-0.05, 0) is 31.2 Å². The highest BCUT2D eigenvalue weighted by atomic mass is 32.2. The molecule has 3 aromatic rings. The van der Waals surface area contributed by atoms with Crippen molar-refractivity contribution in [1.29, 1.82) is 0 Å². The molecule has 1 aliphatic heterocycles. The van der Waals surface area contributed by atoms with Gasteiger partial charge in [0.25, 0.3) is 0 Å². The number of nitrogens with one attached hydrogen (secondary N) is 1. The first kappa shape index (κ1) is 20.2. The van der Waals surface area contributed by atoms with Gasteiger partial charge in [0, 0.05) is 11.1 Å². The molecule has 1 N–H and O–H groups in total. The molecular weight excluding hydrogens is 402 g/mol. The van der Waals surface area contributed by atoms with Crippen molar-refractivity contribution in [2.45, 2.75) is 12.2 Å². The summed E-state index contributed by atoms with van der Waals surface area (Å²) in [6.45, 7) is 1.95. The van der Waals surface area contributed by atoms with Gasteiger partial charge in [0.15, 0.2) is 11.5 Å². The fourth-order valence-electron chi connectivity index (χ4n) is 3.72. The first-order chi connectivity index (χ1) is 14.6. The zero-order valence-corrected chi connectivity index (χ0v) is 18.1. The number of aryl methyl sites for hydroxylation is 1. The number of methoxy groups -OCH3 is 3. The molecule has 0 bridgehead atoms. The van der Waals surface area contributed by atoms with Gasteiger partial charge in [-0.2, -0.15) is 5.10 Å². The number of aromatic nitrogens is 2. The molecule has 2 heterocycles. The third-order valence-corrected chi connectivity index (χ3v) is 6.28. The normalized spacial score (nSPS) is 15.7. The van der Waals surface area contributed by atoms with E-state index in [0.717, 1.165) is 22.5 Å². The number of anilines is 1. The number of hydrogen-bond acceptors (Lipinski definition) is 6. The van der Waals surface area contributed by atoms with Crippen LogP contribution >= 0.6 is 11.8 Å². The summed E-state index contributed by atoms with van der Waals surface area (Å²) in [5.74, 6) is 2.61. The molecule has 1 unspecified atom stereocenters. The first-order valence-corrected chi connectivity index (χ1v) is 10.5. The predicted octanol–water partition coefficient (Wildman–Crippen LogP) is 3.98. The number of carbonyl (C=O) groups excluding carboxylic acids is 1. The molecule has 0 spiro atoms. The number of rotatable bonds is 5. The van der Waals surface area contributed by atoms with Crippen molar-refractivity contribution in [3.63, 3.8) is 0 Å². The fourth-order valence-corrected chi connectivity index (χ4v) is 4.92. The number of carbonyl (C=O) groups is 1. The van der Waals surface area contributed by atoms with E-state index in [-0.39, 0.29) is 11.2 Å². The quantitative estimate of drug-likeness (QED) is 0.667. The van der Waals surface area contributed by atoms with Crippen LogP contribution in [0.25, 0.3) is 5.69 Å². The van der Waals surface area contributed by atoms with Gasteiger partial charge in [-0.25, -0.2) is 4.68 Å². The van der Waals surface area contributed by atoms with Gasteiger partial charge in [0.2, 0.25) is 11.7 Å². The second-order valence-corrected chi connectivity index (χ2v) is 7.85. The number of amides is 1. The van der Waals surface area contributed by atoms with E-state index in [0.29, 0.717) is 28.8 Å². The van der Waals surface area contributed by atoms with Crippen LogP contribution in [0.4, 0.5) is 5.82 Å². The molecule has 156 valence electrons. The van der Waals surface area contributed by atoms with Crippen molar-refractivity contribution < 1.29 is 19.0 Å². The number of thioether (sulfide) groups is 1. The Balaban J connectivity index is 1.93. The lowest BCUT2D eigenvalue weighted by Gasteiger charge is -2.21. The molecule has 2 aromatic carbocycles. The van der Waals surface area contributed by atoms with E-state index in [1.165, 1.54) is 11.8 Å². The Bertz CT molecular complexity index is 1080. The SMILES string of the molecule is COc1ccc(C2SCC(=O)Nc3c2c(C)nn3-c2ccccc2)c(OC)c1OC. The average Bonchev–Trinajstić information content (AvgIpc) is 2.98. The maximum atomic E-state index is 12.5. The van der Waals surface area contributed by atoms with Crippen LogP contribution in [0, 0.1) is 6.92 Å². The molecule has 4 rings (SSSR count). The third-order valence-electron chi connectivity index (χ3n) is 5.03. The molecule has 8 heteroatoms. The molecule has 1 aliphatic rings. The van der Waals surface area contributed by atoms with Crippen molar-refractivity contribution in [3.8, 4) is 22.9 Å². The summed E-state index contributed by atoms with van der Waals surface area (Å²) in [6, 6.07) is 13.6. The second kappa shape index (κ2) is 8.31. The summed E-state index contributed by atoms with van der Waals surface area (Å²) < 4.78 is 18.5. The molecule has 30 heavy (non-hydrogen) atoms. The van der Waals surface area contributed by atoms with Gasteiger partial charge >= 0.3 is 0 Å². The summed E-state index contributed by atoms with van der Waals surface area (Å²) in [5, 5.41) is 7.61. The largest absolute Gasteiger partial charge is 0.493 e. The zero-order valence-electron chi connectivity index (χ0n) is 17.3. The Labute approximate surface area is 179 Å². The minimum Gasteiger partial charge on any atom is -0.493 e. The van der Waals surface area contributed by atoms with Crippen molar-refractivity contribution in [1.82, 2.24) is 9.78 Å². The molecule has 1 amide bonds. The molecule has 0 aliphatic carbocycles. The first-order valence-electron chi connectivity index (χ1n) is 9.44. The summed E-state index contributed by atoms with van der Waals surface area (Å²) in [7, 11) is 4.78. The number of hydrogen-bond donors (Lipinski definition) is 1. The lowest BCUT2D eigenvalue weighted by Crippen LogP contribution is -2.15. The highest BCUT2D eigenvalue weighted by Gasteiger charge is 2.33. The fraction of sp³-hybridized carbons (Fsp3) is 0.273. The van der Waals surface area contributed by atoms with Gasteiger partial charge in [0.05, 0.1) is 43.7 Å². The molecular formula is C22H23N3O4S. The molecule has 0 radical (unpaired) electrons. The van der Waals surface area contributed by atoms with Crippen molar-refractivity contribution in [3.05, 3.63) is 59.3 Å². The van der Waals surface area contributed by atoms with Gasteiger partial charge in [-0.1, -0.05) is 18.2 Å². The van der Waals surface area contributed by atoms with E-state index in [9.17, 15) is 4.79 Å². The van der Waals surface area contributed by atoms with E-state index in [1.807, 2.05) is 49.4 Å². The minimum absolute atomic E-state index is 0.0692. The molecule has 7 nitrogen and oxygen atoms in total. The third kappa shape index (κ3) is 3.37. The molecule has 1 aromatic heterocycles. The Morgan fingerprint density at radius 1 is 1.03 bits per heavy atom. The van der Waals surface area contributed by atoms with Crippen LogP contribution in [-0.2, 0) is 4.79 Å². The van der Waals surface area contributed by atoms with Crippen molar-refractivity contribution >= 4 is 23.5 Å². The summed E-state index contributed by atoms with van der Waals surface area (Å²) in [5.41, 5.74) is 3.56. The highest BCUT2D eigenvalue weighted by molar-refractivity contribution is 8.00. The maximum absolute atomic E-state index is 12.5. The van der Waals surface area contributed by atoms with Crippen LogP contribution in [0.5, 0.6) is 17.2 Å². The highest BCUT2D eigenvalue weighted by Crippen LogP contribution is 2.50. The monoisotopic (exact) mass is 425 g/mol. The summed E-state index contributed by atoms with van der Waals surface area (Å²) in [6.07, 6.45) is 0. The van der Waals surface area contributed by atoms with Gasteiger partial charge in [-0.15, -0.1) is 11.8 Å². The van der Waals surface area contributed by atoms with Gasteiger partial charge < -0.3 is 19.5 Å². The van der Waals surface area contributed by atoms with Gasteiger partial charge in [-0.3, -0.25) is 4.79 Å². The number of benzene rings is 2. The summed E-state index contributed by atoms with van der Waals surface area (Å²) in [4.78, 5) is 12.5. The predicted molar refractivity (Wildman–Crippen MR) is 117 cm³/mol.